The fourth-order valence-electron chi connectivity index (χ4n) is 0.925. The van der Waals surface area contributed by atoms with Gasteiger partial charge in [-0.2, -0.15) is 0 Å². The molecule has 15 heavy (non-hydrogen) atoms. The van der Waals surface area contributed by atoms with Crippen molar-refractivity contribution in [3.05, 3.63) is 11.8 Å². The summed E-state index contributed by atoms with van der Waals surface area (Å²) in [5.41, 5.74) is 5.60. The zero-order chi connectivity index (χ0) is 12.2. The molecule has 0 rings (SSSR count). The van der Waals surface area contributed by atoms with Crippen molar-refractivity contribution in [1.29, 1.82) is 0 Å². The highest BCUT2D eigenvalue weighted by atomic mass is 32.2. The summed E-state index contributed by atoms with van der Waals surface area (Å²) in [5.74, 6) is -0.511. The lowest BCUT2D eigenvalue weighted by atomic mass is 10.2. The van der Waals surface area contributed by atoms with Crippen LogP contribution in [0.2, 0.25) is 0 Å². The quantitative estimate of drug-likeness (QED) is 0.662. The van der Waals surface area contributed by atoms with Crippen LogP contribution in [0.5, 0.6) is 0 Å². The van der Waals surface area contributed by atoms with Crippen LogP contribution in [-0.2, 0) is 14.8 Å². The van der Waals surface area contributed by atoms with Gasteiger partial charge in [0.1, 0.15) is 5.25 Å². The zero-order valence-corrected chi connectivity index (χ0v) is 10.3. The monoisotopic (exact) mass is 234 g/mol. The number of hydrogen-bond acceptors (Lipinski definition) is 4. The predicted octanol–water partition coefficient (Wildman–Crippen LogP) is 0.134. The van der Waals surface area contributed by atoms with E-state index in [0.717, 1.165) is 6.08 Å². The van der Waals surface area contributed by atoms with Gasteiger partial charge in [0.2, 0.25) is 10.0 Å². The zero-order valence-electron chi connectivity index (χ0n) is 9.44. The molecule has 0 aromatic heterocycles. The molecule has 88 valence electrons. The Kier molecular flexibility index (Phi) is 4.96. The van der Waals surface area contributed by atoms with Crippen LogP contribution in [0.3, 0.4) is 0 Å². The molecule has 0 heterocycles. The second-order valence-electron chi connectivity index (χ2n) is 3.75. The maximum Gasteiger partial charge on any atom is 0.221 e. The lowest BCUT2D eigenvalue weighted by molar-refractivity contribution is -0.114. The van der Waals surface area contributed by atoms with Gasteiger partial charge in [0.25, 0.3) is 0 Å². The van der Waals surface area contributed by atoms with Gasteiger partial charge >= 0.3 is 0 Å². The Hall–Kier alpha value is -0.880. The van der Waals surface area contributed by atoms with E-state index in [1.165, 1.54) is 13.8 Å². The molecule has 0 spiro atoms. The Morgan fingerprint density at radius 3 is 2.13 bits per heavy atom. The van der Waals surface area contributed by atoms with Crippen molar-refractivity contribution in [3.63, 3.8) is 0 Å². The van der Waals surface area contributed by atoms with Crippen LogP contribution in [-0.4, -0.2) is 25.5 Å². The normalized spacial score (nSPS) is 15.4. The largest absolute Gasteiger partial charge is 0.402 e. The maximum atomic E-state index is 11.6. The van der Waals surface area contributed by atoms with E-state index < -0.39 is 21.1 Å². The SMILES string of the molecule is C/C(N)=C/C(=O)C(C)S(=O)(=O)NC(C)C. The lowest BCUT2D eigenvalue weighted by Crippen LogP contribution is -2.40. The molecule has 0 aliphatic heterocycles. The molecule has 0 aromatic rings. The summed E-state index contributed by atoms with van der Waals surface area (Å²) in [6.45, 7) is 6.26. The Balaban J connectivity index is 4.78. The van der Waals surface area contributed by atoms with Gasteiger partial charge in [0.05, 0.1) is 0 Å². The minimum Gasteiger partial charge on any atom is -0.402 e. The summed E-state index contributed by atoms with van der Waals surface area (Å²) in [6, 6.07) is -0.229. The molecular formula is C9H18N2O3S. The first-order chi connectivity index (χ1) is 6.66. The Labute approximate surface area is 90.8 Å². The van der Waals surface area contributed by atoms with E-state index >= 15 is 0 Å². The number of carbonyl (C=O) groups excluding carboxylic acids is 1. The van der Waals surface area contributed by atoms with Gasteiger partial charge in [-0.1, -0.05) is 0 Å². The molecular weight excluding hydrogens is 216 g/mol. The van der Waals surface area contributed by atoms with Crippen molar-refractivity contribution in [2.45, 2.75) is 39.0 Å². The van der Waals surface area contributed by atoms with Gasteiger partial charge < -0.3 is 5.73 Å². The van der Waals surface area contributed by atoms with Crippen molar-refractivity contribution in [3.8, 4) is 0 Å². The van der Waals surface area contributed by atoms with E-state index in [0.29, 0.717) is 5.70 Å². The Bertz CT molecular complexity index is 354. The molecule has 0 bridgehead atoms. The van der Waals surface area contributed by atoms with E-state index in [4.69, 9.17) is 5.73 Å². The second kappa shape index (κ2) is 5.27. The highest BCUT2D eigenvalue weighted by molar-refractivity contribution is 7.90. The van der Waals surface area contributed by atoms with Gasteiger partial charge in [0, 0.05) is 17.8 Å². The highest BCUT2D eigenvalue weighted by Crippen LogP contribution is 2.03. The van der Waals surface area contributed by atoms with E-state index in [9.17, 15) is 13.2 Å². The van der Waals surface area contributed by atoms with Crippen LogP contribution in [0.4, 0.5) is 0 Å². The number of carbonyl (C=O) groups is 1. The number of allylic oxidation sites excluding steroid dienone is 2. The number of hydrogen-bond donors (Lipinski definition) is 2. The highest BCUT2D eigenvalue weighted by Gasteiger charge is 2.26. The summed E-state index contributed by atoms with van der Waals surface area (Å²) >= 11 is 0. The van der Waals surface area contributed by atoms with Crippen LogP contribution in [0.1, 0.15) is 27.7 Å². The van der Waals surface area contributed by atoms with Crippen LogP contribution in [0, 0.1) is 0 Å². The molecule has 0 fully saturated rings. The van der Waals surface area contributed by atoms with Crippen molar-refractivity contribution in [2.24, 2.45) is 5.73 Å². The first kappa shape index (κ1) is 14.1. The summed E-state index contributed by atoms with van der Waals surface area (Å²) in [7, 11) is -3.60. The Morgan fingerprint density at radius 2 is 1.80 bits per heavy atom. The average Bonchev–Trinajstić information content (AvgIpc) is 1.98. The first-order valence-corrected chi connectivity index (χ1v) is 6.20. The van der Waals surface area contributed by atoms with Crippen LogP contribution < -0.4 is 10.5 Å². The fraction of sp³-hybridized carbons (Fsp3) is 0.667. The summed E-state index contributed by atoms with van der Waals surface area (Å²) in [4.78, 5) is 11.4. The molecule has 0 amide bonds. The standard InChI is InChI=1S/C9H18N2O3S/c1-6(2)11-15(13,14)8(4)9(12)5-7(3)10/h5-6,8,11H,10H2,1-4H3/b7-5-. The molecule has 0 aliphatic carbocycles. The third-order valence-electron chi connectivity index (χ3n) is 1.64. The molecule has 0 aliphatic rings. The fourth-order valence-corrected chi connectivity index (χ4v) is 2.16. The number of ketones is 1. The number of nitrogens with one attached hydrogen (secondary N) is 1. The van der Waals surface area contributed by atoms with Crippen molar-refractivity contribution >= 4 is 15.8 Å². The summed E-state index contributed by atoms with van der Waals surface area (Å²) in [6.07, 6.45) is 1.13. The van der Waals surface area contributed by atoms with E-state index in [1.54, 1.807) is 13.8 Å². The van der Waals surface area contributed by atoms with Gasteiger partial charge in [-0.3, -0.25) is 4.79 Å². The molecule has 5 nitrogen and oxygen atoms in total. The van der Waals surface area contributed by atoms with E-state index in [1.807, 2.05) is 0 Å². The van der Waals surface area contributed by atoms with Gasteiger partial charge in [-0.15, -0.1) is 0 Å². The Morgan fingerprint density at radius 1 is 1.33 bits per heavy atom. The van der Waals surface area contributed by atoms with Crippen LogP contribution in [0.25, 0.3) is 0 Å². The predicted molar refractivity (Wildman–Crippen MR) is 59.6 cm³/mol. The average molecular weight is 234 g/mol. The molecule has 0 saturated heterocycles. The van der Waals surface area contributed by atoms with Gasteiger partial charge in [0.15, 0.2) is 5.78 Å². The first-order valence-electron chi connectivity index (χ1n) is 4.65. The number of sulfonamides is 1. The number of rotatable bonds is 5. The smallest absolute Gasteiger partial charge is 0.221 e. The molecule has 0 radical (unpaired) electrons. The van der Waals surface area contributed by atoms with Crippen molar-refractivity contribution < 1.29 is 13.2 Å². The summed E-state index contributed by atoms with van der Waals surface area (Å²) in [5, 5.41) is -1.11. The molecule has 0 saturated carbocycles. The molecule has 1 unspecified atom stereocenters. The van der Waals surface area contributed by atoms with Crippen molar-refractivity contribution in [1.82, 2.24) is 4.72 Å². The van der Waals surface area contributed by atoms with Crippen LogP contribution in [0.15, 0.2) is 11.8 Å². The minimum atomic E-state index is -3.60. The third kappa shape index (κ3) is 4.94. The lowest BCUT2D eigenvalue weighted by Gasteiger charge is -2.13. The minimum absolute atomic E-state index is 0.229. The van der Waals surface area contributed by atoms with Crippen molar-refractivity contribution in [2.75, 3.05) is 0 Å². The topological polar surface area (TPSA) is 89.3 Å². The summed E-state index contributed by atoms with van der Waals surface area (Å²) < 4.78 is 25.5. The van der Waals surface area contributed by atoms with Gasteiger partial charge in [-0.05, 0) is 27.7 Å². The molecule has 1 atom stereocenters. The van der Waals surface area contributed by atoms with Gasteiger partial charge in [-0.25, -0.2) is 13.1 Å². The van der Waals surface area contributed by atoms with E-state index in [-0.39, 0.29) is 6.04 Å². The number of nitrogens with two attached hydrogens (primary N) is 1. The molecule has 6 heteroatoms. The molecule has 3 N–H and O–H groups in total. The van der Waals surface area contributed by atoms with Crippen LogP contribution >= 0.6 is 0 Å². The second-order valence-corrected chi connectivity index (χ2v) is 5.78. The maximum absolute atomic E-state index is 11.6. The molecule has 0 aromatic carbocycles. The third-order valence-corrected chi connectivity index (χ3v) is 3.60. The van der Waals surface area contributed by atoms with E-state index in [2.05, 4.69) is 4.72 Å².